The number of nitrogens with two attached hydrogens (primary N) is 1. The fourth-order valence-electron chi connectivity index (χ4n) is 0.335. The maximum atomic E-state index is 10.6. The van der Waals surface area contributed by atoms with E-state index in [1.807, 2.05) is 0 Å². The van der Waals surface area contributed by atoms with E-state index in [2.05, 4.69) is 4.74 Å². The Kier molecular flexibility index (Phi) is 8.11. The Balaban J connectivity index is 0. The molecule has 0 radical (unpaired) electrons. The number of carbonyl (C=O) groups is 1. The SMILES string of the molecule is CCOC(=O)N(N)CC.Cl. The molecule has 0 saturated carbocycles. The topological polar surface area (TPSA) is 55.6 Å². The van der Waals surface area contributed by atoms with Gasteiger partial charge in [-0.15, -0.1) is 12.4 Å². The van der Waals surface area contributed by atoms with E-state index in [9.17, 15) is 4.79 Å². The lowest BCUT2D eigenvalue weighted by atomic mass is 10.7. The van der Waals surface area contributed by atoms with Crippen molar-refractivity contribution in [1.29, 1.82) is 0 Å². The fourth-order valence-corrected chi connectivity index (χ4v) is 0.335. The Morgan fingerprint density at radius 1 is 1.60 bits per heavy atom. The first-order valence-corrected chi connectivity index (χ1v) is 2.91. The predicted octanol–water partition coefficient (Wildman–Crippen LogP) is 0.760. The molecule has 0 aromatic heterocycles. The molecule has 5 heteroatoms. The van der Waals surface area contributed by atoms with Crippen molar-refractivity contribution >= 4 is 18.5 Å². The minimum absolute atomic E-state index is 0. The highest BCUT2D eigenvalue weighted by atomic mass is 35.5. The van der Waals surface area contributed by atoms with Gasteiger partial charge < -0.3 is 4.74 Å². The first kappa shape index (κ1) is 12.2. The van der Waals surface area contributed by atoms with Crippen molar-refractivity contribution in [2.24, 2.45) is 5.84 Å². The number of halogens is 1. The molecular weight excluding hydrogens is 156 g/mol. The van der Waals surface area contributed by atoms with E-state index in [0.717, 1.165) is 5.01 Å². The molecule has 1 amide bonds. The van der Waals surface area contributed by atoms with Crippen molar-refractivity contribution in [3.05, 3.63) is 0 Å². The van der Waals surface area contributed by atoms with Crippen molar-refractivity contribution in [3.8, 4) is 0 Å². The van der Waals surface area contributed by atoms with Gasteiger partial charge in [0, 0.05) is 6.54 Å². The van der Waals surface area contributed by atoms with Crippen molar-refractivity contribution in [3.63, 3.8) is 0 Å². The quantitative estimate of drug-likeness (QED) is 0.376. The second kappa shape index (κ2) is 6.64. The zero-order valence-corrected chi connectivity index (χ0v) is 6.98. The summed E-state index contributed by atoms with van der Waals surface area (Å²) in [5, 5.41) is 1.02. The number of hydrazine groups is 1. The van der Waals surface area contributed by atoms with Gasteiger partial charge in [-0.3, -0.25) is 0 Å². The summed E-state index contributed by atoms with van der Waals surface area (Å²) in [7, 11) is 0. The zero-order valence-electron chi connectivity index (χ0n) is 6.16. The molecule has 0 saturated heterocycles. The average molecular weight is 169 g/mol. The summed E-state index contributed by atoms with van der Waals surface area (Å²) in [6.07, 6.45) is -0.472. The normalized spacial score (nSPS) is 7.90. The molecule has 0 rings (SSSR count). The summed E-state index contributed by atoms with van der Waals surface area (Å²) in [5.74, 6) is 5.16. The van der Waals surface area contributed by atoms with Crippen LogP contribution in [0.1, 0.15) is 13.8 Å². The number of ether oxygens (including phenoxy) is 1. The second-order valence-electron chi connectivity index (χ2n) is 1.48. The van der Waals surface area contributed by atoms with Crippen molar-refractivity contribution in [2.75, 3.05) is 13.2 Å². The first-order valence-electron chi connectivity index (χ1n) is 2.91. The highest BCUT2D eigenvalue weighted by molar-refractivity contribution is 5.85. The summed E-state index contributed by atoms with van der Waals surface area (Å²) in [5.41, 5.74) is 0. The predicted molar refractivity (Wildman–Crippen MR) is 40.8 cm³/mol. The van der Waals surface area contributed by atoms with Crippen LogP contribution >= 0.6 is 12.4 Å². The van der Waals surface area contributed by atoms with Gasteiger partial charge in [0.05, 0.1) is 6.61 Å². The molecule has 0 bridgehead atoms. The Morgan fingerprint density at radius 2 is 2.10 bits per heavy atom. The van der Waals surface area contributed by atoms with Gasteiger partial charge in [0.15, 0.2) is 0 Å². The second-order valence-corrected chi connectivity index (χ2v) is 1.48. The summed E-state index contributed by atoms with van der Waals surface area (Å²) < 4.78 is 4.56. The van der Waals surface area contributed by atoms with Crippen molar-refractivity contribution < 1.29 is 9.53 Å². The van der Waals surface area contributed by atoms with E-state index < -0.39 is 6.09 Å². The van der Waals surface area contributed by atoms with E-state index in [-0.39, 0.29) is 12.4 Å². The van der Waals surface area contributed by atoms with Crippen LogP contribution in [0.25, 0.3) is 0 Å². The first-order chi connectivity index (χ1) is 4.22. The van der Waals surface area contributed by atoms with Crippen LogP contribution < -0.4 is 5.84 Å². The average Bonchev–Trinajstić information content (AvgIpc) is 1.87. The lowest BCUT2D eigenvalue weighted by Gasteiger charge is -2.11. The molecule has 0 unspecified atom stereocenters. The number of hydrogen-bond acceptors (Lipinski definition) is 3. The van der Waals surface area contributed by atoms with Crippen LogP contribution in [0.3, 0.4) is 0 Å². The molecule has 0 fully saturated rings. The lowest BCUT2D eigenvalue weighted by Crippen LogP contribution is -2.37. The Bertz CT molecular complexity index is 99.6. The molecule has 10 heavy (non-hydrogen) atoms. The molecule has 0 aromatic rings. The number of hydrogen-bond donors (Lipinski definition) is 1. The molecule has 62 valence electrons. The Labute approximate surface area is 66.7 Å². The Hall–Kier alpha value is -0.480. The van der Waals surface area contributed by atoms with Crippen LogP contribution in [-0.2, 0) is 4.74 Å². The molecule has 4 nitrogen and oxygen atoms in total. The maximum Gasteiger partial charge on any atom is 0.424 e. The van der Waals surface area contributed by atoms with E-state index >= 15 is 0 Å². The van der Waals surface area contributed by atoms with Crippen LogP contribution in [0.4, 0.5) is 4.79 Å². The minimum Gasteiger partial charge on any atom is -0.449 e. The van der Waals surface area contributed by atoms with Gasteiger partial charge in [-0.1, -0.05) is 0 Å². The highest BCUT2D eigenvalue weighted by Gasteiger charge is 2.04. The standard InChI is InChI=1S/C5H12N2O2.ClH/c1-3-7(6)5(8)9-4-2;/h3-4,6H2,1-2H3;1H. The van der Waals surface area contributed by atoms with Crippen LogP contribution in [0, 0.1) is 0 Å². The number of amides is 1. The smallest absolute Gasteiger partial charge is 0.424 e. The monoisotopic (exact) mass is 168 g/mol. The van der Waals surface area contributed by atoms with Crippen molar-refractivity contribution in [1.82, 2.24) is 5.01 Å². The molecule has 0 spiro atoms. The van der Waals surface area contributed by atoms with Gasteiger partial charge in [0.25, 0.3) is 0 Å². The molecule has 0 aliphatic heterocycles. The van der Waals surface area contributed by atoms with Gasteiger partial charge >= 0.3 is 6.09 Å². The molecule has 0 aliphatic rings. The minimum atomic E-state index is -0.472. The number of nitrogens with zero attached hydrogens (tertiary/aromatic N) is 1. The fraction of sp³-hybridized carbons (Fsp3) is 0.800. The number of carbonyl (C=O) groups excluding carboxylic acids is 1. The largest absolute Gasteiger partial charge is 0.449 e. The summed E-state index contributed by atoms with van der Waals surface area (Å²) in [4.78, 5) is 10.6. The molecule has 0 aliphatic carbocycles. The maximum absolute atomic E-state index is 10.6. The molecule has 0 heterocycles. The molecule has 0 aromatic carbocycles. The van der Waals surface area contributed by atoms with Crippen LogP contribution in [-0.4, -0.2) is 24.3 Å². The van der Waals surface area contributed by atoms with Crippen molar-refractivity contribution in [2.45, 2.75) is 13.8 Å². The lowest BCUT2D eigenvalue weighted by molar-refractivity contribution is 0.109. The summed E-state index contributed by atoms with van der Waals surface area (Å²) in [6.45, 7) is 4.35. The third-order valence-corrected chi connectivity index (χ3v) is 0.843. The van der Waals surface area contributed by atoms with E-state index in [4.69, 9.17) is 5.84 Å². The summed E-state index contributed by atoms with van der Waals surface area (Å²) in [6, 6.07) is 0. The van der Waals surface area contributed by atoms with Gasteiger partial charge in [-0.2, -0.15) is 0 Å². The van der Waals surface area contributed by atoms with Gasteiger partial charge in [0.2, 0.25) is 0 Å². The zero-order chi connectivity index (χ0) is 7.28. The molecule has 2 N–H and O–H groups in total. The van der Waals surface area contributed by atoms with Crippen LogP contribution in [0.5, 0.6) is 0 Å². The third-order valence-electron chi connectivity index (χ3n) is 0.843. The van der Waals surface area contributed by atoms with E-state index in [0.29, 0.717) is 13.2 Å². The Morgan fingerprint density at radius 3 is 2.40 bits per heavy atom. The summed E-state index contributed by atoms with van der Waals surface area (Å²) >= 11 is 0. The molecular formula is C5H13ClN2O2. The van der Waals surface area contributed by atoms with E-state index in [1.165, 1.54) is 0 Å². The highest BCUT2D eigenvalue weighted by Crippen LogP contribution is 1.83. The number of rotatable bonds is 2. The van der Waals surface area contributed by atoms with E-state index in [1.54, 1.807) is 13.8 Å². The third kappa shape index (κ3) is 4.40. The van der Waals surface area contributed by atoms with Gasteiger partial charge in [-0.05, 0) is 13.8 Å². The van der Waals surface area contributed by atoms with Crippen LogP contribution in [0.2, 0.25) is 0 Å². The molecule has 0 atom stereocenters. The van der Waals surface area contributed by atoms with Gasteiger partial charge in [-0.25, -0.2) is 15.6 Å². The van der Waals surface area contributed by atoms with Crippen LogP contribution in [0.15, 0.2) is 0 Å². The van der Waals surface area contributed by atoms with Gasteiger partial charge in [0.1, 0.15) is 0 Å².